The third-order valence-corrected chi connectivity index (χ3v) is 2.76. The monoisotopic (exact) mass is 237 g/mol. The maximum Gasteiger partial charge on any atom is 0.127 e. The molecule has 1 aromatic rings. The van der Waals surface area contributed by atoms with E-state index < -0.39 is 0 Å². The summed E-state index contributed by atoms with van der Waals surface area (Å²) in [4.78, 5) is 0. The standard InChI is InChI=1S/C14H23NO2/c1-4-5-8-16-9-10-17-14-11(2)6-7-13(15)12(14)3/h6-7H,4-5,8-10,15H2,1-3H3. The van der Waals surface area contributed by atoms with Gasteiger partial charge in [-0.3, -0.25) is 0 Å². The fraction of sp³-hybridized carbons (Fsp3) is 0.571. The molecule has 2 N–H and O–H groups in total. The van der Waals surface area contributed by atoms with Crippen LogP contribution in [0.1, 0.15) is 30.9 Å². The zero-order valence-corrected chi connectivity index (χ0v) is 11.1. The minimum Gasteiger partial charge on any atom is -0.491 e. The topological polar surface area (TPSA) is 44.5 Å². The van der Waals surface area contributed by atoms with Crippen molar-refractivity contribution < 1.29 is 9.47 Å². The van der Waals surface area contributed by atoms with E-state index >= 15 is 0 Å². The first-order valence-electron chi connectivity index (χ1n) is 6.23. The van der Waals surface area contributed by atoms with E-state index in [2.05, 4.69) is 6.92 Å². The van der Waals surface area contributed by atoms with Crippen molar-refractivity contribution >= 4 is 5.69 Å². The Balaban J connectivity index is 2.39. The van der Waals surface area contributed by atoms with Crippen molar-refractivity contribution in [2.45, 2.75) is 33.6 Å². The number of nitrogen functional groups attached to an aromatic ring is 1. The number of anilines is 1. The highest BCUT2D eigenvalue weighted by molar-refractivity contribution is 5.56. The second kappa shape index (κ2) is 7.17. The quantitative estimate of drug-likeness (QED) is 0.585. The molecular formula is C14H23NO2. The Hall–Kier alpha value is -1.22. The molecule has 0 saturated heterocycles. The highest BCUT2D eigenvalue weighted by atomic mass is 16.5. The van der Waals surface area contributed by atoms with Crippen LogP contribution in [-0.4, -0.2) is 19.8 Å². The predicted molar refractivity (Wildman–Crippen MR) is 71.6 cm³/mol. The van der Waals surface area contributed by atoms with E-state index in [1.54, 1.807) is 0 Å². The molecule has 1 aromatic carbocycles. The molecule has 0 aromatic heterocycles. The molecule has 1 rings (SSSR count). The molecule has 0 amide bonds. The lowest BCUT2D eigenvalue weighted by molar-refractivity contribution is 0.0976. The van der Waals surface area contributed by atoms with Gasteiger partial charge in [-0.1, -0.05) is 19.4 Å². The summed E-state index contributed by atoms with van der Waals surface area (Å²) in [6.07, 6.45) is 2.27. The highest BCUT2D eigenvalue weighted by Crippen LogP contribution is 2.27. The summed E-state index contributed by atoms with van der Waals surface area (Å²) in [5.41, 5.74) is 8.75. The number of ether oxygens (including phenoxy) is 2. The highest BCUT2D eigenvalue weighted by Gasteiger charge is 2.06. The molecule has 0 radical (unpaired) electrons. The van der Waals surface area contributed by atoms with E-state index in [1.165, 1.54) is 0 Å². The van der Waals surface area contributed by atoms with Crippen LogP contribution in [0.3, 0.4) is 0 Å². The van der Waals surface area contributed by atoms with Crippen molar-refractivity contribution in [1.29, 1.82) is 0 Å². The molecule has 0 aliphatic heterocycles. The lowest BCUT2D eigenvalue weighted by Gasteiger charge is -2.13. The number of nitrogens with two attached hydrogens (primary N) is 1. The number of aryl methyl sites for hydroxylation is 1. The van der Waals surface area contributed by atoms with Gasteiger partial charge in [0.15, 0.2) is 0 Å². The van der Waals surface area contributed by atoms with Gasteiger partial charge >= 0.3 is 0 Å². The van der Waals surface area contributed by atoms with Crippen LogP contribution in [0.25, 0.3) is 0 Å². The Bertz CT molecular complexity index is 350. The van der Waals surface area contributed by atoms with Crippen molar-refractivity contribution in [1.82, 2.24) is 0 Å². The van der Waals surface area contributed by atoms with Gasteiger partial charge < -0.3 is 15.2 Å². The van der Waals surface area contributed by atoms with Crippen LogP contribution in [0, 0.1) is 13.8 Å². The molecule has 0 bridgehead atoms. The number of hydrogen-bond donors (Lipinski definition) is 1. The number of rotatable bonds is 7. The molecule has 3 heteroatoms. The zero-order valence-electron chi connectivity index (χ0n) is 11.1. The van der Waals surface area contributed by atoms with Gasteiger partial charge in [0.1, 0.15) is 12.4 Å². The molecule has 0 unspecified atom stereocenters. The molecule has 3 nitrogen and oxygen atoms in total. The van der Waals surface area contributed by atoms with E-state index in [1.807, 2.05) is 26.0 Å². The van der Waals surface area contributed by atoms with E-state index in [0.29, 0.717) is 13.2 Å². The Kier molecular flexibility index (Phi) is 5.84. The Labute approximate surface area is 104 Å². The Morgan fingerprint density at radius 2 is 1.88 bits per heavy atom. The molecule has 96 valence electrons. The maximum absolute atomic E-state index is 5.85. The largest absolute Gasteiger partial charge is 0.491 e. The van der Waals surface area contributed by atoms with Gasteiger partial charge in [0, 0.05) is 17.9 Å². The average Bonchev–Trinajstić information content (AvgIpc) is 2.32. The van der Waals surface area contributed by atoms with Gasteiger partial charge in [0.2, 0.25) is 0 Å². The lowest BCUT2D eigenvalue weighted by atomic mass is 10.1. The molecule has 0 heterocycles. The molecular weight excluding hydrogens is 214 g/mol. The molecule has 0 spiro atoms. The summed E-state index contributed by atoms with van der Waals surface area (Å²) in [7, 11) is 0. The first-order valence-corrected chi connectivity index (χ1v) is 6.23. The van der Waals surface area contributed by atoms with Gasteiger partial charge in [0.05, 0.1) is 6.61 Å². The molecule has 0 aliphatic rings. The number of hydrogen-bond acceptors (Lipinski definition) is 3. The minimum absolute atomic E-state index is 0.578. The van der Waals surface area contributed by atoms with Crippen molar-refractivity contribution in [2.75, 3.05) is 25.6 Å². The summed E-state index contributed by atoms with van der Waals surface area (Å²) >= 11 is 0. The fourth-order valence-electron chi connectivity index (χ4n) is 1.62. The molecule has 0 fully saturated rings. The lowest BCUT2D eigenvalue weighted by Crippen LogP contribution is -2.09. The SMILES string of the molecule is CCCCOCCOc1c(C)ccc(N)c1C. The Morgan fingerprint density at radius 3 is 2.59 bits per heavy atom. The van der Waals surface area contributed by atoms with Crippen LogP contribution in [0.5, 0.6) is 5.75 Å². The first kappa shape index (κ1) is 13.8. The minimum atomic E-state index is 0.578. The van der Waals surface area contributed by atoms with Crippen molar-refractivity contribution in [3.05, 3.63) is 23.3 Å². The van der Waals surface area contributed by atoms with E-state index in [9.17, 15) is 0 Å². The fourth-order valence-corrected chi connectivity index (χ4v) is 1.62. The van der Waals surface area contributed by atoms with Crippen LogP contribution in [-0.2, 0) is 4.74 Å². The number of unbranched alkanes of at least 4 members (excludes halogenated alkanes) is 1. The molecule has 0 aliphatic carbocycles. The van der Waals surface area contributed by atoms with Crippen LogP contribution >= 0.6 is 0 Å². The Morgan fingerprint density at radius 1 is 1.12 bits per heavy atom. The maximum atomic E-state index is 5.85. The summed E-state index contributed by atoms with van der Waals surface area (Å²) in [6, 6.07) is 3.89. The van der Waals surface area contributed by atoms with E-state index in [-0.39, 0.29) is 0 Å². The van der Waals surface area contributed by atoms with Crippen LogP contribution in [0.4, 0.5) is 5.69 Å². The van der Waals surface area contributed by atoms with Crippen molar-refractivity contribution in [3.8, 4) is 5.75 Å². The van der Waals surface area contributed by atoms with Gasteiger partial charge in [-0.2, -0.15) is 0 Å². The molecule has 0 saturated carbocycles. The third-order valence-electron chi connectivity index (χ3n) is 2.76. The first-order chi connectivity index (χ1) is 8.16. The summed E-state index contributed by atoms with van der Waals surface area (Å²) in [6.45, 7) is 8.19. The van der Waals surface area contributed by atoms with Crippen LogP contribution < -0.4 is 10.5 Å². The number of benzene rings is 1. The van der Waals surface area contributed by atoms with Crippen molar-refractivity contribution in [3.63, 3.8) is 0 Å². The molecule has 17 heavy (non-hydrogen) atoms. The normalized spacial score (nSPS) is 10.5. The van der Waals surface area contributed by atoms with Gasteiger partial charge in [0.25, 0.3) is 0 Å². The van der Waals surface area contributed by atoms with Crippen LogP contribution in [0.15, 0.2) is 12.1 Å². The van der Waals surface area contributed by atoms with E-state index in [0.717, 1.165) is 42.0 Å². The second-order valence-corrected chi connectivity index (χ2v) is 4.24. The summed E-state index contributed by atoms with van der Waals surface area (Å²) in [5, 5.41) is 0. The van der Waals surface area contributed by atoms with Gasteiger partial charge in [-0.05, 0) is 31.9 Å². The summed E-state index contributed by atoms with van der Waals surface area (Å²) < 4.78 is 11.2. The zero-order chi connectivity index (χ0) is 12.7. The molecule has 0 atom stereocenters. The predicted octanol–water partition coefficient (Wildman–Crippen LogP) is 3.08. The average molecular weight is 237 g/mol. The third kappa shape index (κ3) is 4.27. The van der Waals surface area contributed by atoms with Gasteiger partial charge in [-0.25, -0.2) is 0 Å². The smallest absolute Gasteiger partial charge is 0.127 e. The van der Waals surface area contributed by atoms with Gasteiger partial charge in [-0.15, -0.1) is 0 Å². The van der Waals surface area contributed by atoms with Crippen LogP contribution in [0.2, 0.25) is 0 Å². The second-order valence-electron chi connectivity index (χ2n) is 4.24. The van der Waals surface area contributed by atoms with Crippen molar-refractivity contribution in [2.24, 2.45) is 0 Å². The summed E-state index contributed by atoms with van der Waals surface area (Å²) in [5.74, 6) is 0.893. The van der Waals surface area contributed by atoms with E-state index in [4.69, 9.17) is 15.2 Å².